The van der Waals surface area contributed by atoms with Crippen LogP contribution in [0.3, 0.4) is 0 Å². The van der Waals surface area contributed by atoms with Gasteiger partial charge in [-0.05, 0) is 12.0 Å². The highest BCUT2D eigenvalue weighted by Crippen LogP contribution is 2.19. The van der Waals surface area contributed by atoms with Crippen LogP contribution in [-0.2, 0) is 0 Å². The highest BCUT2D eigenvalue weighted by molar-refractivity contribution is 7.14. The van der Waals surface area contributed by atoms with E-state index < -0.39 is 0 Å². The molecule has 1 aromatic rings. The molecular formula is C10H16N4O2S. The third-order valence-electron chi connectivity index (χ3n) is 1.91. The van der Waals surface area contributed by atoms with E-state index in [9.17, 15) is 4.79 Å². The first-order valence-corrected chi connectivity index (χ1v) is 6.02. The summed E-state index contributed by atoms with van der Waals surface area (Å²) in [5.74, 6) is 0.425. The summed E-state index contributed by atoms with van der Waals surface area (Å²) >= 11 is 1.31. The fraction of sp³-hybridized carbons (Fsp3) is 0.400. The van der Waals surface area contributed by atoms with Crippen LogP contribution in [0.2, 0.25) is 0 Å². The van der Waals surface area contributed by atoms with Crippen molar-refractivity contribution in [1.82, 2.24) is 5.32 Å². The van der Waals surface area contributed by atoms with Gasteiger partial charge in [0.25, 0.3) is 0 Å². The molecule has 0 aliphatic carbocycles. The van der Waals surface area contributed by atoms with Crippen molar-refractivity contribution in [3.63, 3.8) is 0 Å². The number of rotatable bonds is 4. The summed E-state index contributed by atoms with van der Waals surface area (Å²) in [6.07, 6.45) is 0. The predicted octanol–water partition coefficient (Wildman–Crippen LogP) is 1.62. The Morgan fingerprint density at radius 1 is 1.65 bits per heavy atom. The average Bonchev–Trinajstić information content (AvgIpc) is 2.73. The van der Waals surface area contributed by atoms with Crippen LogP contribution in [0.25, 0.3) is 0 Å². The van der Waals surface area contributed by atoms with Gasteiger partial charge in [0, 0.05) is 17.5 Å². The van der Waals surface area contributed by atoms with Crippen molar-refractivity contribution in [2.75, 3.05) is 11.9 Å². The monoisotopic (exact) mass is 256 g/mol. The lowest BCUT2D eigenvalue weighted by Gasteiger charge is -2.07. The number of nitrogens with zero attached hydrogens (tertiary/aromatic N) is 1. The van der Waals surface area contributed by atoms with Gasteiger partial charge in [-0.3, -0.25) is 5.32 Å². The van der Waals surface area contributed by atoms with Crippen LogP contribution in [-0.4, -0.2) is 23.6 Å². The number of amides is 2. The lowest BCUT2D eigenvalue weighted by atomic mass is 10.2. The number of carbonyl (C=O) groups excluding carboxylic acids is 1. The van der Waals surface area contributed by atoms with Crippen molar-refractivity contribution >= 4 is 28.2 Å². The summed E-state index contributed by atoms with van der Waals surface area (Å²) in [6, 6.07) is 1.39. The number of nitrogens with one attached hydrogen (secondary N) is 2. The lowest BCUT2D eigenvalue weighted by molar-refractivity contribution is 0.251. The molecule has 94 valence electrons. The third kappa shape index (κ3) is 4.31. The van der Waals surface area contributed by atoms with Crippen LogP contribution in [0, 0.1) is 5.92 Å². The Hall–Kier alpha value is -1.76. The molecule has 0 bridgehead atoms. The van der Waals surface area contributed by atoms with Crippen molar-refractivity contribution < 1.29 is 10.0 Å². The van der Waals surface area contributed by atoms with Crippen LogP contribution >= 0.6 is 11.3 Å². The molecule has 0 saturated carbocycles. The van der Waals surface area contributed by atoms with Gasteiger partial charge in [0.2, 0.25) is 0 Å². The summed E-state index contributed by atoms with van der Waals surface area (Å²) in [4.78, 5) is 11.4. The maximum atomic E-state index is 11.4. The molecule has 7 heteroatoms. The van der Waals surface area contributed by atoms with Gasteiger partial charge in [0.05, 0.1) is 5.00 Å². The first-order chi connectivity index (χ1) is 8.02. The van der Waals surface area contributed by atoms with E-state index in [1.165, 1.54) is 11.3 Å². The molecule has 0 radical (unpaired) electrons. The van der Waals surface area contributed by atoms with Crippen LogP contribution in [0.15, 0.2) is 16.6 Å². The van der Waals surface area contributed by atoms with E-state index in [1.54, 1.807) is 11.4 Å². The minimum atomic E-state index is -0.258. The van der Waals surface area contributed by atoms with Crippen molar-refractivity contribution in [3.05, 3.63) is 17.0 Å². The fourth-order valence-corrected chi connectivity index (χ4v) is 1.84. The second-order valence-electron chi connectivity index (χ2n) is 3.91. The number of carbonyl (C=O) groups is 1. The number of anilines is 1. The SMILES string of the molecule is CC(C)CNC(=O)Nc1cc(C(N)=NO)cs1. The van der Waals surface area contributed by atoms with E-state index in [1.807, 2.05) is 13.8 Å². The van der Waals surface area contributed by atoms with Gasteiger partial charge in [-0.2, -0.15) is 0 Å². The number of oxime groups is 1. The molecule has 0 aromatic carbocycles. The van der Waals surface area contributed by atoms with Crippen LogP contribution in [0.5, 0.6) is 0 Å². The largest absolute Gasteiger partial charge is 0.409 e. The van der Waals surface area contributed by atoms with Crippen molar-refractivity contribution in [2.24, 2.45) is 16.8 Å². The Balaban J connectivity index is 2.52. The normalized spacial score (nSPS) is 11.6. The Bertz CT molecular complexity index is 414. The van der Waals surface area contributed by atoms with Gasteiger partial charge >= 0.3 is 6.03 Å². The summed E-state index contributed by atoms with van der Waals surface area (Å²) in [5, 5.41) is 19.1. The zero-order valence-electron chi connectivity index (χ0n) is 9.73. The Kier molecular flexibility index (Phi) is 4.77. The number of nitrogens with two attached hydrogens (primary N) is 1. The molecule has 6 nitrogen and oxygen atoms in total. The van der Waals surface area contributed by atoms with Crippen molar-refractivity contribution in [3.8, 4) is 0 Å². The molecule has 1 rings (SSSR count). The molecule has 0 fully saturated rings. The molecule has 0 atom stereocenters. The molecule has 5 N–H and O–H groups in total. The minimum Gasteiger partial charge on any atom is -0.409 e. The smallest absolute Gasteiger partial charge is 0.319 e. The van der Waals surface area contributed by atoms with Gasteiger partial charge in [-0.1, -0.05) is 19.0 Å². The van der Waals surface area contributed by atoms with E-state index in [2.05, 4.69) is 15.8 Å². The van der Waals surface area contributed by atoms with Gasteiger partial charge in [0.15, 0.2) is 5.84 Å². The van der Waals surface area contributed by atoms with Crippen LogP contribution in [0.1, 0.15) is 19.4 Å². The molecule has 1 aromatic heterocycles. The van der Waals surface area contributed by atoms with Crippen molar-refractivity contribution in [1.29, 1.82) is 0 Å². The molecule has 1 heterocycles. The summed E-state index contributed by atoms with van der Waals surface area (Å²) in [6.45, 7) is 4.65. The highest BCUT2D eigenvalue weighted by atomic mass is 32.1. The molecule has 0 unspecified atom stereocenters. The van der Waals surface area contributed by atoms with Crippen LogP contribution in [0.4, 0.5) is 9.80 Å². The molecule has 2 amide bonds. The number of urea groups is 1. The van der Waals surface area contributed by atoms with Gasteiger partial charge < -0.3 is 16.3 Å². The first-order valence-electron chi connectivity index (χ1n) is 5.14. The lowest BCUT2D eigenvalue weighted by Crippen LogP contribution is -2.31. The van der Waals surface area contributed by atoms with E-state index in [-0.39, 0.29) is 11.9 Å². The molecular weight excluding hydrogens is 240 g/mol. The number of amidine groups is 1. The molecule has 17 heavy (non-hydrogen) atoms. The zero-order valence-corrected chi connectivity index (χ0v) is 10.5. The molecule has 0 aliphatic rings. The maximum absolute atomic E-state index is 11.4. The average molecular weight is 256 g/mol. The van der Waals surface area contributed by atoms with Gasteiger partial charge in [-0.25, -0.2) is 4.79 Å². The second-order valence-corrected chi connectivity index (χ2v) is 4.82. The van der Waals surface area contributed by atoms with E-state index in [4.69, 9.17) is 10.9 Å². The Morgan fingerprint density at radius 2 is 2.35 bits per heavy atom. The summed E-state index contributed by atoms with van der Waals surface area (Å²) in [7, 11) is 0. The van der Waals surface area contributed by atoms with E-state index >= 15 is 0 Å². The van der Waals surface area contributed by atoms with Gasteiger partial charge in [-0.15, -0.1) is 11.3 Å². The van der Waals surface area contributed by atoms with E-state index in [0.29, 0.717) is 23.0 Å². The maximum Gasteiger partial charge on any atom is 0.319 e. The minimum absolute atomic E-state index is 0.0249. The topological polar surface area (TPSA) is 99.7 Å². The third-order valence-corrected chi connectivity index (χ3v) is 2.76. The summed E-state index contributed by atoms with van der Waals surface area (Å²) in [5.41, 5.74) is 6.00. The quantitative estimate of drug-likeness (QED) is 0.285. The van der Waals surface area contributed by atoms with Crippen molar-refractivity contribution in [2.45, 2.75) is 13.8 Å². The standard InChI is InChI=1S/C10H16N4O2S/c1-6(2)4-12-10(15)13-8-3-7(5-17-8)9(11)14-16/h3,5-6,16H,4H2,1-2H3,(H2,11,14)(H2,12,13,15). The number of hydrogen-bond donors (Lipinski definition) is 4. The molecule has 0 spiro atoms. The van der Waals surface area contributed by atoms with Crippen LogP contribution < -0.4 is 16.4 Å². The molecule has 0 saturated heterocycles. The Morgan fingerprint density at radius 3 is 2.94 bits per heavy atom. The number of thiophene rings is 1. The summed E-state index contributed by atoms with van der Waals surface area (Å²) < 4.78 is 0. The fourth-order valence-electron chi connectivity index (χ4n) is 1.05. The highest BCUT2D eigenvalue weighted by Gasteiger charge is 2.07. The predicted molar refractivity (Wildman–Crippen MR) is 68.7 cm³/mol. The zero-order chi connectivity index (χ0) is 12.8. The van der Waals surface area contributed by atoms with E-state index in [0.717, 1.165) is 0 Å². The van der Waals surface area contributed by atoms with Gasteiger partial charge in [0.1, 0.15) is 0 Å². The first kappa shape index (κ1) is 13.3. The second kappa shape index (κ2) is 6.09. The molecule has 0 aliphatic heterocycles. The number of hydrogen-bond acceptors (Lipinski definition) is 4. The Labute approximate surface area is 104 Å².